The van der Waals surface area contributed by atoms with E-state index in [1.165, 1.54) is 121 Å². The molecule has 0 saturated carbocycles. The first-order valence-corrected chi connectivity index (χ1v) is 42.7. The van der Waals surface area contributed by atoms with Crippen LogP contribution in [-0.4, -0.2) is 29.9 Å². The Kier molecular flexibility index (Phi) is 22.2. The molecule has 0 saturated heterocycles. The van der Waals surface area contributed by atoms with Gasteiger partial charge in [0.2, 0.25) is 11.0 Å². The van der Waals surface area contributed by atoms with Gasteiger partial charge in [0.25, 0.3) is 17.2 Å². The molecule has 0 fully saturated rings. The average molecular weight is 1680 g/mol. The largest absolute Gasteiger partial charge is 0.370 e. The fourth-order valence-corrected chi connectivity index (χ4v) is 17.4. The third-order valence-electron chi connectivity index (χ3n) is 23.7. The van der Waals surface area contributed by atoms with E-state index in [4.69, 9.17) is 19.7 Å². The molecule has 22 rings (SSSR count). The number of nitriles is 3. The predicted octanol–water partition coefficient (Wildman–Crippen LogP) is 31.0. The van der Waals surface area contributed by atoms with Gasteiger partial charge in [0.15, 0.2) is 17.1 Å². The first-order valence-electron chi connectivity index (χ1n) is 42.7. The highest BCUT2D eigenvalue weighted by Crippen LogP contribution is 2.47. The molecule has 0 aliphatic carbocycles. The van der Waals surface area contributed by atoms with Crippen molar-refractivity contribution in [2.24, 2.45) is 0 Å². The van der Waals surface area contributed by atoms with E-state index in [-0.39, 0.29) is 67.6 Å². The molecule has 3 heterocycles. The second-order valence-electron chi connectivity index (χ2n) is 31.4. The number of anilines is 6. The van der Waals surface area contributed by atoms with Crippen molar-refractivity contribution >= 4 is 128 Å². The summed E-state index contributed by atoms with van der Waals surface area (Å²) in [6, 6.07) is 158. The molecule has 0 aliphatic rings. The average Bonchev–Trinajstić information content (AvgIpc) is 0.729. The maximum absolute atomic E-state index is 9.30. The Morgan fingerprint density at radius 2 is 0.447 bits per heavy atom. The molecule has 0 unspecified atom stereocenters. The number of nitrogens with zero attached hydrogens (tertiary/aromatic N) is 14. The van der Waals surface area contributed by atoms with Crippen molar-refractivity contribution in [2.75, 3.05) is 9.80 Å². The second-order valence-corrected chi connectivity index (χ2v) is 31.4. The number of benzene rings is 19. The van der Waals surface area contributed by atoms with E-state index in [2.05, 4.69) is 479 Å². The lowest BCUT2D eigenvalue weighted by atomic mass is 9.85. The Hall–Kier alpha value is -19.2. The Bertz CT molecular complexity index is 7660. The Labute approximate surface area is 761 Å². The minimum absolute atomic E-state index is 0.000622. The summed E-state index contributed by atoms with van der Waals surface area (Å²) < 4.78 is 0. The van der Waals surface area contributed by atoms with Crippen LogP contribution in [0.1, 0.15) is 17.1 Å². The fourth-order valence-electron chi connectivity index (χ4n) is 17.4. The minimum atomic E-state index is -0.298. The van der Waals surface area contributed by atoms with Crippen LogP contribution in [0.15, 0.2) is 425 Å². The van der Waals surface area contributed by atoms with Gasteiger partial charge >= 0.3 is 5.82 Å². The van der Waals surface area contributed by atoms with Crippen LogP contribution in [0.3, 0.4) is 0 Å². The SMILES string of the molecule is [C-]#[N+]c1nc2c(nc1C#N)c1nc(C#N)c(C#N)nc1c1nc([N+]#[C-])c([N+]#[C-])nc21.c1ccc(-c2ccc(N(c3ccc(-c4ccccc4)cc3)c3ccc(-c4ccc(N(c5ccc(-c6ccccc6)cc5)c5ccc(-c6ccccc6)cc5)cc4)cc3)cc2)cc1.c1ccc2cc(-c3c4ccccc4c(-c4ccc(-c5cccc6ccccc56)cc4)c4ccccc34)ccc2c1. The smallest absolute Gasteiger partial charge is 0.307 e. The maximum Gasteiger partial charge on any atom is 0.307 e. The fraction of sp³-hybridized carbons (Fsp3) is 0. The Morgan fingerprint density at radius 3 is 0.788 bits per heavy atom. The van der Waals surface area contributed by atoms with Gasteiger partial charge in [0, 0.05) is 34.1 Å². The molecule has 132 heavy (non-hydrogen) atoms. The van der Waals surface area contributed by atoms with Crippen molar-refractivity contribution < 1.29 is 0 Å². The van der Waals surface area contributed by atoms with E-state index >= 15 is 0 Å². The molecule has 3 aromatic heterocycles. The molecule has 0 amide bonds. The molecule has 0 radical (unpaired) electrons. The lowest BCUT2D eigenvalue weighted by Crippen LogP contribution is -2.10. The highest BCUT2D eigenvalue weighted by Gasteiger charge is 2.29. The summed E-state index contributed by atoms with van der Waals surface area (Å²) in [4.78, 5) is 39.0. The van der Waals surface area contributed by atoms with Crippen molar-refractivity contribution in [3.05, 3.63) is 476 Å². The summed E-state index contributed by atoms with van der Waals surface area (Å²) in [5.74, 6) is -0.890. The lowest BCUT2D eigenvalue weighted by molar-refractivity contribution is 1.19. The van der Waals surface area contributed by atoms with Crippen molar-refractivity contribution in [1.29, 1.82) is 15.8 Å². The number of aromatic nitrogens is 6. The number of hydrogen-bond donors (Lipinski definition) is 0. The molecule has 0 atom stereocenters. The van der Waals surface area contributed by atoms with Crippen molar-refractivity contribution in [1.82, 2.24) is 29.9 Å². The molecule has 22 aromatic rings. The number of fused-ring (bicyclic) bond motifs is 10. The first kappa shape index (κ1) is 81.1. The van der Waals surface area contributed by atoms with E-state index in [1.807, 2.05) is 0 Å². The Balaban J connectivity index is 0.000000133. The highest BCUT2D eigenvalue weighted by atomic mass is 15.1. The van der Waals surface area contributed by atoms with Crippen LogP contribution >= 0.6 is 0 Å². The normalized spacial score (nSPS) is 10.8. The van der Waals surface area contributed by atoms with Crippen LogP contribution in [0.25, 0.3) is 180 Å². The van der Waals surface area contributed by atoms with Crippen LogP contribution in [0.5, 0.6) is 0 Å². The van der Waals surface area contributed by atoms with Gasteiger partial charge in [-0.25, -0.2) is 15.0 Å². The van der Waals surface area contributed by atoms with E-state index in [9.17, 15) is 15.8 Å². The molecule has 14 heteroatoms. The number of rotatable bonds is 14. The van der Waals surface area contributed by atoms with Crippen LogP contribution in [-0.2, 0) is 0 Å². The summed E-state index contributed by atoms with van der Waals surface area (Å²) in [6.07, 6.45) is 0. The zero-order valence-electron chi connectivity index (χ0n) is 70.7. The zero-order chi connectivity index (χ0) is 89.4. The zero-order valence-corrected chi connectivity index (χ0v) is 70.7. The maximum atomic E-state index is 9.30. The summed E-state index contributed by atoms with van der Waals surface area (Å²) >= 11 is 0. The highest BCUT2D eigenvalue weighted by molar-refractivity contribution is 6.22. The summed E-state index contributed by atoms with van der Waals surface area (Å²) in [7, 11) is 0. The van der Waals surface area contributed by atoms with Crippen LogP contribution in [0, 0.1) is 53.7 Å². The number of hydrogen-bond acceptors (Lipinski definition) is 11. The van der Waals surface area contributed by atoms with Crippen LogP contribution in [0.4, 0.5) is 51.6 Å². The molecule has 14 nitrogen and oxygen atoms in total. The Morgan fingerprint density at radius 1 is 0.197 bits per heavy atom. The van der Waals surface area contributed by atoms with Crippen molar-refractivity contribution in [2.45, 2.75) is 0 Å². The molecule has 612 valence electrons. The topological polar surface area (TPSA) is 168 Å². The lowest BCUT2D eigenvalue weighted by Gasteiger charge is -2.27. The predicted molar refractivity (Wildman–Crippen MR) is 534 cm³/mol. The third kappa shape index (κ3) is 15.9. The van der Waals surface area contributed by atoms with Crippen molar-refractivity contribution in [3.63, 3.8) is 0 Å². The van der Waals surface area contributed by atoms with E-state index < -0.39 is 0 Å². The molecule has 19 aromatic carbocycles. The van der Waals surface area contributed by atoms with Gasteiger partial charge in [-0.3, -0.25) is 0 Å². The summed E-state index contributed by atoms with van der Waals surface area (Å²) in [6.45, 7) is 21.7. The molecule has 0 aliphatic heterocycles. The van der Waals surface area contributed by atoms with Crippen LogP contribution < -0.4 is 9.80 Å². The van der Waals surface area contributed by atoms with Crippen molar-refractivity contribution in [3.8, 4) is 107 Å². The van der Waals surface area contributed by atoms with E-state index in [0.29, 0.717) is 0 Å². The van der Waals surface area contributed by atoms with Gasteiger partial charge in [-0.2, -0.15) is 15.8 Å². The molecule has 0 N–H and O–H groups in total. The summed E-state index contributed by atoms with van der Waals surface area (Å²) in [5.41, 5.74) is 25.2. The van der Waals surface area contributed by atoms with Gasteiger partial charge in [-0.1, -0.05) is 365 Å². The summed E-state index contributed by atoms with van der Waals surface area (Å²) in [5, 5.41) is 38.1. The monoisotopic (exact) mass is 1680 g/mol. The second kappa shape index (κ2) is 36.2. The van der Waals surface area contributed by atoms with Gasteiger partial charge in [0.1, 0.15) is 34.8 Å². The molecule has 0 spiro atoms. The standard InChI is InChI=1S/C60H44N2.C40H26.C18N12/c1-5-13-45(14-6-1)49-21-33-55(34-22-49)61(56-35-23-50(24-36-56)46-15-7-2-8-16-46)59-41-29-53(30-42-59)54-31-43-60(44-32-54)62(57-37-25-51(26-38-57)47-17-9-3-10-18-47)58-39-27-52(28-40-58)48-19-11-4-12-20-48;1-2-12-31-26-32(25-20-27(31)10-1)40-37-17-7-5-15-35(37)39(36-16-6-8-18-38(36)40)30-23-21-29(22-24-30)34-19-9-13-28-11-3-4-14-33(28)34;1-22-16-9(6-21)27-12-10-11(26-8(5-20)7(4-19)25-10)14-15(13(12)28-16)30-18(24-3)17(23-2)29-14/h1-44H;1-26H;. The van der Waals surface area contributed by atoms with E-state index in [0.717, 1.165) is 45.3 Å². The van der Waals surface area contributed by atoms with E-state index in [1.54, 1.807) is 18.2 Å². The minimum Gasteiger partial charge on any atom is -0.370 e. The molecular weight excluding hydrogens is 1610 g/mol. The first-order chi connectivity index (χ1) is 65.2. The third-order valence-corrected chi connectivity index (χ3v) is 23.7. The van der Waals surface area contributed by atoms with Gasteiger partial charge in [-0.15, -0.1) is 15.0 Å². The van der Waals surface area contributed by atoms with Gasteiger partial charge < -0.3 is 24.3 Å². The molecule has 0 bridgehead atoms. The van der Waals surface area contributed by atoms with Gasteiger partial charge in [0.05, 0.1) is 0 Å². The van der Waals surface area contributed by atoms with Gasteiger partial charge in [-0.05, 0) is 211 Å². The quantitative estimate of drug-likeness (QED) is 0.0577. The molecular formula is C118H70N14. The van der Waals surface area contributed by atoms with Crippen LogP contribution in [0.2, 0.25) is 0 Å².